The predicted molar refractivity (Wildman–Crippen MR) is 116 cm³/mol. The lowest BCUT2D eigenvalue weighted by molar-refractivity contribution is -0.325. The van der Waals surface area contributed by atoms with Crippen LogP contribution in [0.15, 0.2) is 42.6 Å². The number of fused-ring (bicyclic) bond motifs is 1. The number of halogens is 3. The predicted octanol–water partition coefficient (Wildman–Crippen LogP) is 4.26. The molecule has 7 nitrogen and oxygen atoms in total. The Labute approximate surface area is 196 Å². The van der Waals surface area contributed by atoms with Crippen molar-refractivity contribution < 1.29 is 36.9 Å². The van der Waals surface area contributed by atoms with Gasteiger partial charge in [0.05, 0.1) is 19.4 Å². The Kier molecular flexibility index (Phi) is 7.04. The summed E-state index contributed by atoms with van der Waals surface area (Å²) in [6, 6.07) is 11.2. The van der Waals surface area contributed by atoms with Crippen molar-refractivity contribution in [2.24, 2.45) is 0 Å². The maximum absolute atomic E-state index is 12.1. The molecule has 1 aromatic heterocycles. The molecule has 0 bridgehead atoms. The minimum absolute atomic E-state index is 0.177. The van der Waals surface area contributed by atoms with Crippen molar-refractivity contribution in [2.75, 3.05) is 33.4 Å². The molecule has 0 spiro atoms. The lowest BCUT2D eigenvalue weighted by Crippen LogP contribution is -2.52. The van der Waals surface area contributed by atoms with Crippen LogP contribution in [0.2, 0.25) is 0 Å². The summed E-state index contributed by atoms with van der Waals surface area (Å²) in [6.45, 7) is 5.09. The summed E-state index contributed by atoms with van der Waals surface area (Å²) < 4.78 is 63.6. The number of nitrogens with zero attached hydrogens (tertiary/aromatic N) is 2. The van der Waals surface area contributed by atoms with Crippen LogP contribution in [0.4, 0.5) is 13.2 Å². The third-order valence-electron chi connectivity index (χ3n) is 5.94. The minimum atomic E-state index is -4.68. The van der Waals surface area contributed by atoms with E-state index in [4.69, 9.17) is 18.9 Å². The Balaban J connectivity index is 1.41. The molecule has 0 amide bonds. The van der Waals surface area contributed by atoms with E-state index < -0.39 is 24.4 Å². The first-order valence-corrected chi connectivity index (χ1v) is 11.1. The second-order valence-electron chi connectivity index (χ2n) is 8.83. The van der Waals surface area contributed by atoms with Crippen molar-refractivity contribution in [1.29, 1.82) is 0 Å². The monoisotopic (exact) mass is 482 g/mol. The summed E-state index contributed by atoms with van der Waals surface area (Å²) >= 11 is 0. The van der Waals surface area contributed by atoms with E-state index in [9.17, 15) is 13.2 Å². The van der Waals surface area contributed by atoms with E-state index in [0.29, 0.717) is 24.6 Å². The van der Waals surface area contributed by atoms with Gasteiger partial charge in [0.25, 0.3) is 0 Å². The van der Waals surface area contributed by atoms with Gasteiger partial charge < -0.3 is 18.9 Å². The molecule has 4 rings (SSSR count). The third-order valence-corrected chi connectivity index (χ3v) is 5.94. The van der Waals surface area contributed by atoms with Gasteiger partial charge in [-0.25, -0.2) is 0 Å². The summed E-state index contributed by atoms with van der Waals surface area (Å²) in [4.78, 5) is 6.84. The molecule has 10 heteroatoms. The zero-order valence-electron chi connectivity index (χ0n) is 19.4. The first kappa shape index (κ1) is 24.7. The second-order valence-corrected chi connectivity index (χ2v) is 8.83. The van der Waals surface area contributed by atoms with Gasteiger partial charge in [0.2, 0.25) is 0 Å². The number of benzene rings is 1. The van der Waals surface area contributed by atoms with Gasteiger partial charge in [0.1, 0.15) is 18.3 Å². The van der Waals surface area contributed by atoms with Crippen LogP contribution in [0.5, 0.6) is 11.5 Å². The molecule has 2 aliphatic heterocycles. The van der Waals surface area contributed by atoms with Crippen LogP contribution < -0.4 is 9.47 Å². The lowest BCUT2D eigenvalue weighted by Gasteiger charge is -2.41. The molecule has 34 heavy (non-hydrogen) atoms. The second kappa shape index (κ2) is 9.69. The zero-order chi connectivity index (χ0) is 24.4. The largest absolute Gasteiger partial charge is 0.522 e. The summed E-state index contributed by atoms with van der Waals surface area (Å²) in [5.74, 6) is 0.0982. The van der Waals surface area contributed by atoms with Gasteiger partial charge in [0, 0.05) is 25.8 Å². The number of piperidine rings is 1. The number of pyridine rings is 1. The van der Waals surface area contributed by atoms with Gasteiger partial charge in [-0.15, -0.1) is 13.2 Å². The Morgan fingerprint density at radius 3 is 2.68 bits per heavy atom. The third kappa shape index (κ3) is 5.63. The fraction of sp³-hybridized carbons (Fsp3) is 0.542. The Bertz CT molecular complexity index is 973. The maximum Gasteiger partial charge on any atom is 0.522 e. The van der Waals surface area contributed by atoms with Crippen LogP contribution in [-0.4, -0.2) is 61.6 Å². The summed E-state index contributed by atoms with van der Waals surface area (Å²) in [5.41, 5.74) is 1.27. The quantitative estimate of drug-likeness (QED) is 0.521. The molecule has 186 valence electrons. The number of hydrogen-bond acceptors (Lipinski definition) is 7. The van der Waals surface area contributed by atoms with Gasteiger partial charge in [0.15, 0.2) is 17.3 Å². The lowest BCUT2D eigenvalue weighted by atomic mass is 9.85. The maximum atomic E-state index is 12.1. The van der Waals surface area contributed by atoms with Crippen LogP contribution in [0, 0.1) is 0 Å². The highest BCUT2D eigenvalue weighted by atomic mass is 19.4. The zero-order valence-corrected chi connectivity index (χ0v) is 19.4. The number of alkyl halides is 3. The van der Waals surface area contributed by atoms with Gasteiger partial charge in [-0.1, -0.05) is 12.1 Å². The normalized spacial score (nSPS) is 24.6. The van der Waals surface area contributed by atoms with Crippen LogP contribution in [0.1, 0.15) is 31.5 Å². The van der Waals surface area contributed by atoms with Crippen molar-refractivity contribution in [3.63, 3.8) is 0 Å². The van der Waals surface area contributed by atoms with E-state index >= 15 is 0 Å². The topological polar surface area (TPSA) is 62.3 Å². The molecule has 2 atom stereocenters. The highest BCUT2D eigenvalue weighted by molar-refractivity contribution is 5.43. The first-order chi connectivity index (χ1) is 16.1. The van der Waals surface area contributed by atoms with E-state index in [2.05, 4.69) is 14.6 Å². The molecule has 1 aromatic carbocycles. The molecule has 3 heterocycles. The van der Waals surface area contributed by atoms with E-state index in [0.717, 1.165) is 24.2 Å². The van der Waals surface area contributed by atoms with Crippen molar-refractivity contribution in [1.82, 2.24) is 9.88 Å². The number of likely N-dealkylation sites (tertiary alicyclic amines) is 1. The Hall–Kier alpha value is -2.40. The summed E-state index contributed by atoms with van der Waals surface area (Å²) in [7, 11) is 1.49. The number of aromatic nitrogens is 1. The molecule has 2 unspecified atom stereocenters. The number of hydrogen-bond donors (Lipinski definition) is 0. The number of rotatable bonds is 8. The minimum Gasteiger partial charge on any atom is -0.493 e. The summed E-state index contributed by atoms with van der Waals surface area (Å²) in [6.07, 6.45) is -2.35. The van der Waals surface area contributed by atoms with Crippen molar-refractivity contribution in [3.05, 3.63) is 53.9 Å². The van der Waals surface area contributed by atoms with Gasteiger partial charge >= 0.3 is 6.36 Å². The van der Waals surface area contributed by atoms with Crippen LogP contribution in [-0.2, 0) is 26.4 Å². The van der Waals surface area contributed by atoms with E-state index in [1.807, 2.05) is 44.2 Å². The Morgan fingerprint density at radius 1 is 1.15 bits per heavy atom. The smallest absolute Gasteiger partial charge is 0.493 e. The van der Waals surface area contributed by atoms with Crippen molar-refractivity contribution in [2.45, 2.75) is 50.7 Å². The van der Waals surface area contributed by atoms with Crippen molar-refractivity contribution in [3.8, 4) is 11.5 Å². The fourth-order valence-corrected chi connectivity index (χ4v) is 4.61. The fourth-order valence-electron chi connectivity index (χ4n) is 4.61. The number of ether oxygens (including phenoxy) is 5. The van der Waals surface area contributed by atoms with Crippen LogP contribution in [0.25, 0.3) is 0 Å². The molecule has 0 N–H and O–H groups in total. The van der Waals surface area contributed by atoms with Gasteiger partial charge in [-0.3, -0.25) is 14.6 Å². The first-order valence-electron chi connectivity index (χ1n) is 11.1. The molecule has 0 aliphatic carbocycles. The molecule has 0 radical (unpaired) electrons. The molecule has 2 aliphatic rings. The van der Waals surface area contributed by atoms with Gasteiger partial charge in [-0.05, 0) is 50.1 Å². The molecule has 2 saturated heterocycles. The standard InChI is InChI=1S/C24H29F3N2O5/c1-22(2)33-21-16-29(11-9-23(21,34-22)20-6-4-5-10-28-20)15-17-7-8-18(19(14-17)30-3)31-12-13-32-24(25,26)27/h4-8,10,14,21H,9,11-13,15-16H2,1-3H3. The number of methoxy groups -OCH3 is 1. The average Bonchev–Trinajstić information content (AvgIpc) is 3.07. The summed E-state index contributed by atoms with van der Waals surface area (Å²) in [5, 5.41) is 0. The highest BCUT2D eigenvalue weighted by Crippen LogP contribution is 2.48. The van der Waals surface area contributed by atoms with E-state index in [1.54, 1.807) is 12.3 Å². The SMILES string of the molecule is COc1cc(CN2CCC3(c4ccccn4)OC(C)(C)OC3C2)ccc1OCCOC(F)(F)F. The highest BCUT2D eigenvalue weighted by Gasteiger charge is 2.57. The molecule has 2 fully saturated rings. The van der Waals surface area contributed by atoms with Crippen molar-refractivity contribution >= 4 is 0 Å². The van der Waals surface area contributed by atoms with E-state index in [1.165, 1.54) is 7.11 Å². The average molecular weight is 482 g/mol. The molecule has 2 aromatic rings. The molecule has 0 saturated carbocycles. The van der Waals surface area contributed by atoms with E-state index in [-0.39, 0.29) is 12.7 Å². The Morgan fingerprint density at radius 2 is 1.97 bits per heavy atom. The van der Waals surface area contributed by atoms with Gasteiger partial charge in [-0.2, -0.15) is 0 Å². The van der Waals surface area contributed by atoms with Crippen LogP contribution >= 0.6 is 0 Å². The molecular formula is C24H29F3N2O5. The van der Waals surface area contributed by atoms with Crippen LogP contribution in [0.3, 0.4) is 0 Å². The molecular weight excluding hydrogens is 453 g/mol.